The number of carbonyl (C=O) groups is 1. The van der Waals surface area contributed by atoms with Crippen molar-refractivity contribution in [1.82, 2.24) is 14.9 Å². The summed E-state index contributed by atoms with van der Waals surface area (Å²) in [5, 5.41) is 2.52. The highest BCUT2D eigenvalue weighted by Gasteiger charge is 2.20. The first-order valence-electron chi connectivity index (χ1n) is 5.54. The van der Waals surface area contributed by atoms with Crippen LogP contribution in [0.25, 0.3) is 11.0 Å². The highest BCUT2D eigenvalue weighted by molar-refractivity contribution is 9.10. The second-order valence-electron chi connectivity index (χ2n) is 4.23. The van der Waals surface area contributed by atoms with Crippen LogP contribution in [0.15, 0.2) is 16.6 Å². The fourth-order valence-electron chi connectivity index (χ4n) is 1.92. The minimum absolute atomic E-state index is 0.0102. The van der Waals surface area contributed by atoms with E-state index in [-0.39, 0.29) is 23.3 Å². The number of amides is 1. The van der Waals surface area contributed by atoms with Crippen molar-refractivity contribution in [2.75, 3.05) is 7.05 Å². The summed E-state index contributed by atoms with van der Waals surface area (Å²) in [6.07, 6.45) is 0. The first-order chi connectivity index (χ1) is 8.45. The molecule has 0 fully saturated rings. The summed E-state index contributed by atoms with van der Waals surface area (Å²) >= 11 is 3.25. The Bertz CT molecular complexity index is 621. The molecule has 0 aliphatic heterocycles. The highest BCUT2D eigenvalue weighted by atomic mass is 79.9. The number of halogens is 2. The standard InChI is InChI=1S/C12H13BrFN3O/c1-6(2)17-9-5-7(13)4-8(14)10(9)16-11(17)12(18)15-3/h4-6H,1-3H3,(H,15,18). The molecule has 1 heterocycles. The molecule has 0 aliphatic carbocycles. The zero-order valence-electron chi connectivity index (χ0n) is 10.3. The molecule has 6 heteroatoms. The normalized spacial score (nSPS) is 11.2. The van der Waals surface area contributed by atoms with Gasteiger partial charge in [-0.1, -0.05) is 15.9 Å². The van der Waals surface area contributed by atoms with Gasteiger partial charge in [-0.25, -0.2) is 9.37 Å². The minimum atomic E-state index is -0.441. The monoisotopic (exact) mass is 313 g/mol. The zero-order chi connectivity index (χ0) is 13.4. The van der Waals surface area contributed by atoms with E-state index in [0.29, 0.717) is 9.99 Å². The van der Waals surface area contributed by atoms with E-state index >= 15 is 0 Å². The third-order valence-corrected chi connectivity index (χ3v) is 3.12. The second-order valence-corrected chi connectivity index (χ2v) is 5.15. The molecular weight excluding hydrogens is 301 g/mol. The van der Waals surface area contributed by atoms with Gasteiger partial charge in [0.05, 0.1) is 5.52 Å². The predicted octanol–water partition coefficient (Wildman–Crippen LogP) is 2.88. The molecule has 2 aromatic rings. The van der Waals surface area contributed by atoms with Crippen LogP contribution in [-0.4, -0.2) is 22.5 Å². The van der Waals surface area contributed by atoms with E-state index in [9.17, 15) is 9.18 Å². The number of carbonyl (C=O) groups excluding carboxylic acids is 1. The van der Waals surface area contributed by atoms with Gasteiger partial charge in [0.2, 0.25) is 0 Å². The fourth-order valence-corrected chi connectivity index (χ4v) is 2.33. The number of hydrogen-bond donors (Lipinski definition) is 1. The number of aromatic nitrogens is 2. The summed E-state index contributed by atoms with van der Waals surface area (Å²) in [6.45, 7) is 3.85. The van der Waals surface area contributed by atoms with E-state index in [1.165, 1.54) is 13.1 Å². The van der Waals surface area contributed by atoms with Gasteiger partial charge in [-0.15, -0.1) is 0 Å². The zero-order valence-corrected chi connectivity index (χ0v) is 11.9. The molecule has 2 rings (SSSR count). The lowest BCUT2D eigenvalue weighted by atomic mass is 10.3. The number of imidazole rings is 1. The van der Waals surface area contributed by atoms with Crippen molar-refractivity contribution in [3.8, 4) is 0 Å². The van der Waals surface area contributed by atoms with Gasteiger partial charge in [0, 0.05) is 17.6 Å². The largest absolute Gasteiger partial charge is 0.352 e. The van der Waals surface area contributed by atoms with Gasteiger partial charge in [-0.2, -0.15) is 0 Å². The molecule has 0 aliphatic rings. The summed E-state index contributed by atoms with van der Waals surface area (Å²) in [5.74, 6) is -0.543. The van der Waals surface area contributed by atoms with Crippen molar-refractivity contribution in [2.45, 2.75) is 19.9 Å². The van der Waals surface area contributed by atoms with Gasteiger partial charge in [-0.05, 0) is 26.0 Å². The molecule has 4 nitrogen and oxygen atoms in total. The lowest BCUT2D eigenvalue weighted by Crippen LogP contribution is -2.23. The van der Waals surface area contributed by atoms with Crippen molar-refractivity contribution in [3.63, 3.8) is 0 Å². The predicted molar refractivity (Wildman–Crippen MR) is 71.2 cm³/mol. The Morgan fingerprint density at radius 2 is 2.17 bits per heavy atom. The van der Waals surface area contributed by atoms with Crippen molar-refractivity contribution >= 4 is 32.9 Å². The first-order valence-corrected chi connectivity index (χ1v) is 6.34. The number of fused-ring (bicyclic) bond motifs is 1. The summed E-state index contributed by atoms with van der Waals surface area (Å²) in [6, 6.07) is 3.11. The molecule has 18 heavy (non-hydrogen) atoms. The number of nitrogens with one attached hydrogen (secondary N) is 1. The van der Waals surface area contributed by atoms with Gasteiger partial charge < -0.3 is 9.88 Å². The maximum atomic E-state index is 13.8. The van der Waals surface area contributed by atoms with E-state index in [2.05, 4.69) is 26.2 Å². The Kier molecular flexibility index (Phi) is 3.38. The fraction of sp³-hybridized carbons (Fsp3) is 0.333. The third-order valence-electron chi connectivity index (χ3n) is 2.66. The van der Waals surface area contributed by atoms with Gasteiger partial charge in [0.25, 0.3) is 5.91 Å². The Morgan fingerprint density at radius 1 is 1.50 bits per heavy atom. The third kappa shape index (κ3) is 2.01. The van der Waals surface area contributed by atoms with Crippen molar-refractivity contribution < 1.29 is 9.18 Å². The number of benzene rings is 1. The molecular formula is C12H13BrFN3O. The van der Waals surface area contributed by atoms with E-state index in [0.717, 1.165) is 0 Å². The number of nitrogens with zero attached hydrogens (tertiary/aromatic N) is 2. The van der Waals surface area contributed by atoms with Crippen LogP contribution in [0.3, 0.4) is 0 Å². The quantitative estimate of drug-likeness (QED) is 0.926. The van der Waals surface area contributed by atoms with Crippen LogP contribution >= 0.6 is 15.9 Å². The van der Waals surface area contributed by atoms with E-state index < -0.39 is 5.82 Å². The van der Waals surface area contributed by atoms with E-state index in [4.69, 9.17) is 0 Å². The van der Waals surface area contributed by atoms with Gasteiger partial charge in [-0.3, -0.25) is 4.79 Å². The van der Waals surface area contributed by atoms with Gasteiger partial charge in [0.1, 0.15) is 5.52 Å². The highest BCUT2D eigenvalue weighted by Crippen LogP contribution is 2.26. The van der Waals surface area contributed by atoms with Crippen LogP contribution in [-0.2, 0) is 0 Å². The Balaban J connectivity index is 2.84. The SMILES string of the molecule is CNC(=O)c1nc2c(F)cc(Br)cc2n1C(C)C. The van der Waals surface area contributed by atoms with Gasteiger partial charge >= 0.3 is 0 Å². The lowest BCUT2D eigenvalue weighted by Gasteiger charge is -2.12. The van der Waals surface area contributed by atoms with Gasteiger partial charge in [0.15, 0.2) is 11.6 Å². The molecule has 0 bridgehead atoms. The van der Waals surface area contributed by atoms with Crippen molar-refractivity contribution in [3.05, 3.63) is 28.2 Å². The number of rotatable bonds is 2. The molecule has 96 valence electrons. The van der Waals surface area contributed by atoms with E-state index in [1.54, 1.807) is 10.6 Å². The van der Waals surface area contributed by atoms with Crippen molar-refractivity contribution in [2.24, 2.45) is 0 Å². The van der Waals surface area contributed by atoms with Crippen LogP contribution in [0.5, 0.6) is 0 Å². The molecule has 0 radical (unpaired) electrons. The average molecular weight is 314 g/mol. The molecule has 1 N–H and O–H groups in total. The summed E-state index contributed by atoms with van der Waals surface area (Å²) < 4.78 is 16.2. The maximum Gasteiger partial charge on any atom is 0.287 e. The van der Waals surface area contributed by atoms with Crippen LogP contribution in [0.1, 0.15) is 30.5 Å². The lowest BCUT2D eigenvalue weighted by molar-refractivity contribution is 0.0947. The molecule has 1 amide bonds. The van der Waals surface area contributed by atoms with Crippen LogP contribution in [0.4, 0.5) is 4.39 Å². The molecule has 0 saturated heterocycles. The molecule has 0 spiro atoms. The van der Waals surface area contributed by atoms with E-state index in [1.807, 2.05) is 13.8 Å². The summed E-state index contributed by atoms with van der Waals surface area (Å²) in [5.41, 5.74) is 0.820. The molecule has 1 aromatic heterocycles. The summed E-state index contributed by atoms with van der Waals surface area (Å²) in [4.78, 5) is 15.9. The number of hydrogen-bond acceptors (Lipinski definition) is 2. The van der Waals surface area contributed by atoms with Crippen LogP contribution in [0, 0.1) is 5.82 Å². The minimum Gasteiger partial charge on any atom is -0.352 e. The Morgan fingerprint density at radius 3 is 2.72 bits per heavy atom. The van der Waals surface area contributed by atoms with Crippen molar-refractivity contribution in [1.29, 1.82) is 0 Å². The Hall–Kier alpha value is -1.43. The second kappa shape index (κ2) is 4.68. The van der Waals surface area contributed by atoms with Crippen LogP contribution < -0.4 is 5.32 Å². The van der Waals surface area contributed by atoms with Crippen LogP contribution in [0.2, 0.25) is 0 Å². The molecule has 0 unspecified atom stereocenters. The Labute approximate surface area is 112 Å². The maximum absolute atomic E-state index is 13.8. The topological polar surface area (TPSA) is 46.9 Å². The molecule has 0 saturated carbocycles. The average Bonchev–Trinajstić information content (AvgIpc) is 2.67. The first kappa shape index (κ1) is 13.0. The molecule has 0 atom stereocenters. The smallest absolute Gasteiger partial charge is 0.287 e. The molecule has 1 aromatic carbocycles. The summed E-state index contributed by atoms with van der Waals surface area (Å²) in [7, 11) is 1.53.